The second-order valence-electron chi connectivity index (χ2n) is 8.49. The van der Waals surface area contributed by atoms with Crippen LogP contribution >= 0.6 is 0 Å². The molecule has 4 heterocycles. The van der Waals surface area contributed by atoms with Gasteiger partial charge in [0.1, 0.15) is 30.1 Å². The Morgan fingerprint density at radius 3 is 2.91 bits per heavy atom. The van der Waals surface area contributed by atoms with Gasteiger partial charge in [-0.3, -0.25) is 9.48 Å². The third-order valence-electron chi connectivity index (χ3n) is 6.26. The van der Waals surface area contributed by atoms with E-state index in [1.54, 1.807) is 18.2 Å². The predicted molar refractivity (Wildman–Crippen MR) is 123 cm³/mol. The first kappa shape index (κ1) is 21.9. The summed E-state index contributed by atoms with van der Waals surface area (Å²) in [5.74, 6) is 1.84. The first-order valence-corrected chi connectivity index (χ1v) is 11.3. The Morgan fingerprint density at radius 1 is 1.26 bits per heavy atom. The molecule has 1 amide bonds. The van der Waals surface area contributed by atoms with E-state index in [-0.39, 0.29) is 18.2 Å². The number of hydrogen-bond donors (Lipinski definition) is 0. The van der Waals surface area contributed by atoms with Crippen molar-refractivity contribution in [3.05, 3.63) is 64.4 Å². The quantitative estimate of drug-likeness (QED) is 0.435. The molecule has 10 nitrogen and oxygen atoms in total. The molecular weight excluding hydrogens is 434 g/mol. The molecule has 1 aromatic carbocycles. The smallest absolute Gasteiger partial charge is 0.276 e. The van der Waals surface area contributed by atoms with Crippen LogP contribution in [0.25, 0.3) is 11.5 Å². The van der Waals surface area contributed by atoms with Gasteiger partial charge in [0.15, 0.2) is 11.5 Å². The second-order valence-corrected chi connectivity index (χ2v) is 8.49. The molecule has 5 rings (SSSR count). The summed E-state index contributed by atoms with van der Waals surface area (Å²) in [6.45, 7) is 7.75. The first-order chi connectivity index (χ1) is 16.5. The van der Waals surface area contributed by atoms with Crippen molar-refractivity contribution in [2.45, 2.75) is 46.9 Å². The molecule has 0 unspecified atom stereocenters. The van der Waals surface area contributed by atoms with Crippen LogP contribution in [-0.2, 0) is 33.2 Å². The minimum atomic E-state index is -0.183. The molecule has 34 heavy (non-hydrogen) atoms. The van der Waals surface area contributed by atoms with E-state index in [4.69, 9.17) is 14.4 Å². The molecule has 10 heteroatoms. The largest absolute Gasteiger partial charge is 0.489 e. The van der Waals surface area contributed by atoms with E-state index in [1.807, 2.05) is 54.4 Å². The van der Waals surface area contributed by atoms with Gasteiger partial charge in [-0.05, 0) is 38.5 Å². The molecule has 3 aromatic heterocycles. The summed E-state index contributed by atoms with van der Waals surface area (Å²) >= 11 is 0. The molecule has 1 aliphatic rings. The fourth-order valence-corrected chi connectivity index (χ4v) is 4.35. The standard InChI is InChI=1S/C24H27N7O3/c1-5-30-14-25-26-23(30)21-18-12-31(10-9-20(18)29(4)27-21)24(32)22-19(16(3)34-28-22)13-33-17-8-6-7-15(2)11-17/h6-8,11,14H,5,9-10,12-13H2,1-4H3. The van der Waals surface area contributed by atoms with E-state index >= 15 is 0 Å². The van der Waals surface area contributed by atoms with E-state index in [9.17, 15) is 4.79 Å². The average molecular weight is 462 g/mol. The molecule has 1 aliphatic heterocycles. The molecule has 4 aromatic rings. The Labute approximate surface area is 197 Å². The molecule has 0 aliphatic carbocycles. The summed E-state index contributed by atoms with van der Waals surface area (Å²) in [5.41, 5.74) is 4.90. The van der Waals surface area contributed by atoms with Crippen LogP contribution in [0, 0.1) is 13.8 Å². The summed E-state index contributed by atoms with van der Waals surface area (Å²) < 4.78 is 15.2. The molecule has 0 atom stereocenters. The minimum absolute atomic E-state index is 0.183. The van der Waals surface area contributed by atoms with E-state index in [1.165, 1.54) is 0 Å². The lowest BCUT2D eigenvalue weighted by molar-refractivity contribution is 0.0720. The maximum Gasteiger partial charge on any atom is 0.276 e. The lowest BCUT2D eigenvalue weighted by atomic mass is 10.0. The van der Waals surface area contributed by atoms with Gasteiger partial charge in [-0.15, -0.1) is 10.2 Å². The number of ether oxygens (including phenoxy) is 1. The fourth-order valence-electron chi connectivity index (χ4n) is 4.35. The van der Waals surface area contributed by atoms with Crippen LogP contribution in [0.5, 0.6) is 5.75 Å². The number of aryl methyl sites for hydroxylation is 4. The van der Waals surface area contributed by atoms with Crippen molar-refractivity contribution in [1.29, 1.82) is 0 Å². The van der Waals surface area contributed by atoms with Crippen LogP contribution in [0.2, 0.25) is 0 Å². The van der Waals surface area contributed by atoms with E-state index < -0.39 is 0 Å². The Hall–Kier alpha value is -3.95. The number of carbonyl (C=O) groups excluding carboxylic acids is 1. The fraction of sp³-hybridized carbons (Fsp3) is 0.375. The van der Waals surface area contributed by atoms with Gasteiger partial charge in [-0.2, -0.15) is 5.10 Å². The highest BCUT2D eigenvalue weighted by Crippen LogP contribution is 2.30. The van der Waals surface area contributed by atoms with Gasteiger partial charge in [-0.25, -0.2) is 0 Å². The summed E-state index contributed by atoms with van der Waals surface area (Å²) in [7, 11) is 1.92. The maximum atomic E-state index is 13.5. The lowest BCUT2D eigenvalue weighted by Gasteiger charge is -2.27. The van der Waals surface area contributed by atoms with Crippen molar-refractivity contribution >= 4 is 5.91 Å². The van der Waals surface area contributed by atoms with Gasteiger partial charge >= 0.3 is 0 Å². The van der Waals surface area contributed by atoms with E-state index in [2.05, 4.69) is 15.4 Å². The van der Waals surface area contributed by atoms with Crippen LogP contribution in [0.4, 0.5) is 0 Å². The van der Waals surface area contributed by atoms with Gasteiger partial charge in [0.05, 0.1) is 12.1 Å². The number of nitrogens with zero attached hydrogens (tertiary/aromatic N) is 7. The Balaban J connectivity index is 1.40. The topological polar surface area (TPSA) is 104 Å². The molecule has 0 fully saturated rings. The van der Waals surface area contributed by atoms with Crippen LogP contribution < -0.4 is 4.74 Å². The van der Waals surface area contributed by atoms with Crippen molar-refractivity contribution in [1.82, 2.24) is 34.6 Å². The van der Waals surface area contributed by atoms with Crippen LogP contribution in [-0.4, -0.2) is 47.1 Å². The van der Waals surface area contributed by atoms with Crippen LogP contribution in [0.1, 0.15) is 45.6 Å². The SMILES string of the molecule is CCn1cnnc1-c1nn(C)c2c1CN(C(=O)c1noc(C)c1COc1cccc(C)c1)CC2. The third kappa shape index (κ3) is 3.85. The van der Waals surface area contributed by atoms with Crippen molar-refractivity contribution in [3.8, 4) is 17.3 Å². The number of hydrogen-bond acceptors (Lipinski definition) is 7. The molecule has 0 spiro atoms. The predicted octanol–water partition coefficient (Wildman–Crippen LogP) is 3.08. The Morgan fingerprint density at radius 2 is 2.12 bits per heavy atom. The maximum absolute atomic E-state index is 13.5. The van der Waals surface area contributed by atoms with Crippen LogP contribution in [0.15, 0.2) is 35.1 Å². The molecule has 0 saturated heterocycles. The van der Waals surface area contributed by atoms with Gasteiger partial charge in [0.2, 0.25) is 0 Å². The molecule has 0 radical (unpaired) electrons. The van der Waals surface area contributed by atoms with Gasteiger partial charge < -0.3 is 18.7 Å². The second kappa shape index (κ2) is 8.77. The minimum Gasteiger partial charge on any atom is -0.489 e. The van der Waals surface area contributed by atoms with Gasteiger partial charge in [0.25, 0.3) is 5.91 Å². The highest BCUT2D eigenvalue weighted by molar-refractivity contribution is 5.94. The number of fused-ring (bicyclic) bond motifs is 1. The van der Waals surface area contributed by atoms with Crippen molar-refractivity contribution < 1.29 is 14.1 Å². The average Bonchev–Trinajstić information content (AvgIpc) is 3.54. The van der Waals surface area contributed by atoms with Crippen molar-refractivity contribution in [2.24, 2.45) is 7.05 Å². The van der Waals surface area contributed by atoms with E-state index in [0.717, 1.165) is 34.8 Å². The third-order valence-corrected chi connectivity index (χ3v) is 6.26. The number of aromatic nitrogens is 6. The lowest BCUT2D eigenvalue weighted by Crippen LogP contribution is -2.37. The summed E-state index contributed by atoms with van der Waals surface area (Å²) in [6.07, 6.45) is 2.39. The normalized spacial score (nSPS) is 13.2. The monoisotopic (exact) mass is 461 g/mol. The molecule has 0 N–H and O–H groups in total. The summed E-state index contributed by atoms with van der Waals surface area (Å²) in [4.78, 5) is 15.3. The zero-order valence-electron chi connectivity index (χ0n) is 19.8. The number of benzene rings is 1. The number of amides is 1. The van der Waals surface area contributed by atoms with Crippen molar-refractivity contribution in [3.63, 3.8) is 0 Å². The summed E-state index contributed by atoms with van der Waals surface area (Å²) in [6, 6.07) is 7.79. The Bertz CT molecular complexity index is 1350. The molecule has 176 valence electrons. The summed E-state index contributed by atoms with van der Waals surface area (Å²) in [5, 5.41) is 17.1. The molecular formula is C24H27N7O3. The first-order valence-electron chi connectivity index (χ1n) is 11.3. The molecule has 0 saturated carbocycles. The zero-order valence-corrected chi connectivity index (χ0v) is 19.8. The molecule has 0 bridgehead atoms. The van der Waals surface area contributed by atoms with Crippen LogP contribution in [0.3, 0.4) is 0 Å². The van der Waals surface area contributed by atoms with Crippen molar-refractivity contribution in [2.75, 3.05) is 6.54 Å². The van der Waals surface area contributed by atoms with Gasteiger partial charge in [-0.1, -0.05) is 17.3 Å². The highest BCUT2D eigenvalue weighted by atomic mass is 16.5. The Kier molecular flexibility index (Phi) is 5.64. The van der Waals surface area contributed by atoms with E-state index in [0.29, 0.717) is 36.7 Å². The number of rotatable bonds is 6. The zero-order chi connectivity index (χ0) is 23.8. The van der Waals surface area contributed by atoms with Gasteiger partial charge in [0, 0.05) is 37.8 Å². The highest BCUT2D eigenvalue weighted by Gasteiger charge is 2.32. The number of carbonyl (C=O) groups is 1.